The summed E-state index contributed by atoms with van der Waals surface area (Å²) in [6, 6.07) is 12.8. The van der Waals surface area contributed by atoms with Gasteiger partial charge in [-0.15, -0.1) is 5.10 Å². The molecular formula is C21H20N8O2. The van der Waals surface area contributed by atoms with Crippen LogP contribution in [0.2, 0.25) is 0 Å². The summed E-state index contributed by atoms with van der Waals surface area (Å²) in [6.45, 7) is 0.260. The predicted molar refractivity (Wildman–Crippen MR) is 114 cm³/mol. The molecule has 0 aliphatic rings. The van der Waals surface area contributed by atoms with E-state index in [0.29, 0.717) is 34.2 Å². The second-order valence-corrected chi connectivity index (χ2v) is 6.58. The first-order valence-corrected chi connectivity index (χ1v) is 9.43. The third-order valence-electron chi connectivity index (χ3n) is 4.57. The van der Waals surface area contributed by atoms with E-state index in [-0.39, 0.29) is 18.3 Å². The van der Waals surface area contributed by atoms with E-state index in [9.17, 15) is 4.79 Å². The van der Waals surface area contributed by atoms with Crippen molar-refractivity contribution in [1.29, 1.82) is 0 Å². The highest BCUT2D eigenvalue weighted by atomic mass is 16.5. The maximum absolute atomic E-state index is 13.1. The van der Waals surface area contributed by atoms with Crippen molar-refractivity contribution in [2.75, 3.05) is 12.4 Å². The van der Waals surface area contributed by atoms with E-state index in [1.54, 1.807) is 31.6 Å². The normalized spacial score (nSPS) is 10.7. The molecule has 0 saturated heterocycles. The Bertz CT molecular complexity index is 1210. The summed E-state index contributed by atoms with van der Waals surface area (Å²) in [5, 5.41) is 11.0. The van der Waals surface area contributed by atoms with Gasteiger partial charge in [0, 0.05) is 30.6 Å². The lowest BCUT2D eigenvalue weighted by atomic mass is 10.1. The fraction of sp³-hybridized carbons (Fsp3) is 0.143. The summed E-state index contributed by atoms with van der Waals surface area (Å²) in [6.07, 6.45) is 3.28. The molecule has 156 valence electrons. The van der Waals surface area contributed by atoms with Crippen LogP contribution in [-0.2, 0) is 13.6 Å². The molecule has 0 saturated carbocycles. The van der Waals surface area contributed by atoms with Crippen molar-refractivity contribution in [3.63, 3.8) is 0 Å². The Morgan fingerprint density at radius 3 is 2.52 bits per heavy atom. The van der Waals surface area contributed by atoms with Crippen LogP contribution in [0.1, 0.15) is 16.3 Å². The fourth-order valence-electron chi connectivity index (χ4n) is 3.03. The Hall–Kier alpha value is -4.18. The molecule has 0 bridgehead atoms. The standard InChI is InChI=1S/C21H20N8O2/c1-29-19(18(27-28-29)13-6-4-3-5-7-13)20(30)25-16-9-8-15(26-21(16)31-2)14-11-23-17(10-22)24-12-14/h3-9,11-12H,10,22H2,1-2H3,(H,25,30). The van der Waals surface area contributed by atoms with Crippen LogP contribution in [-0.4, -0.2) is 43.0 Å². The maximum Gasteiger partial charge on any atom is 0.276 e. The van der Waals surface area contributed by atoms with Crippen LogP contribution in [0.15, 0.2) is 54.9 Å². The monoisotopic (exact) mass is 416 g/mol. The van der Waals surface area contributed by atoms with E-state index < -0.39 is 0 Å². The Labute approximate surface area is 178 Å². The van der Waals surface area contributed by atoms with E-state index in [1.165, 1.54) is 11.8 Å². The molecule has 31 heavy (non-hydrogen) atoms. The first-order valence-electron chi connectivity index (χ1n) is 9.43. The van der Waals surface area contributed by atoms with Crippen molar-refractivity contribution in [3.8, 4) is 28.4 Å². The third-order valence-corrected chi connectivity index (χ3v) is 4.57. The molecule has 10 nitrogen and oxygen atoms in total. The number of rotatable bonds is 6. The second kappa shape index (κ2) is 8.67. The maximum atomic E-state index is 13.1. The minimum absolute atomic E-state index is 0.255. The predicted octanol–water partition coefficient (Wildman–Crippen LogP) is 2.05. The van der Waals surface area contributed by atoms with Gasteiger partial charge in [-0.05, 0) is 12.1 Å². The molecule has 0 aliphatic heterocycles. The highest BCUT2D eigenvalue weighted by molar-refractivity contribution is 6.07. The van der Waals surface area contributed by atoms with Crippen LogP contribution < -0.4 is 15.8 Å². The third kappa shape index (κ3) is 4.09. The molecule has 4 rings (SSSR count). The van der Waals surface area contributed by atoms with Crippen molar-refractivity contribution >= 4 is 11.6 Å². The zero-order valence-corrected chi connectivity index (χ0v) is 17.0. The molecule has 0 radical (unpaired) electrons. The topological polar surface area (TPSA) is 134 Å². The van der Waals surface area contributed by atoms with Crippen LogP contribution in [0.4, 0.5) is 5.69 Å². The number of hydrogen-bond acceptors (Lipinski definition) is 8. The number of amides is 1. The van der Waals surface area contributed by atoms with E-state index in [4.69, 9.17) is 10.5 Å². The fourth-order valence-corrected chi connectivity index (χ4v) is 3.03. The van der Waals surface area contributed by atoms with Gasteiger partial charge in [0.15, 0.2) is 5.69 Å². The number of carbonyl (C=O) groups excluding carboxylic acids is 1. The van der Waals surface area contributed by atoms with E-state index in [2.05, 4.69) is 30.6 Å². The molecule has 10 heteroatoms. The summed E-state index contributed by atoms with van der Waals surface area (Å²) in [4.78, 5) is 25.9. The van der Waals surface area contributed by atoms with Crippen LogP contribution in [0.5, 0.6) is 5.88 Å². The van der Waals surface area contributed by atoms with Crippen LogP contribution in [0, 0.1) is 0 Å². The molecule has 0 fully saturated rings. The number of aryl methyl sites for hydroxylation is 1. The van der Waals surface area contributed by atoms with E-state index in [1.807, 2.05) is 30.3 Å². The lowest BCUT2D eigenvalue weighted by molar-refractivity contribution is 0.101. The summed E-state index contributed by atoms with van der Waals surface area (Å²) < 4.78 is 6.82. The average Bonchev–Trinajstić information content (AvgIpc) is 3.21. The van der Waals surface area contributed by atoms with E-state index >= 15 is 0 Å². The van der Waals surface area contributed by atoms with Gasteiger partial charge in [0.1, 0.15) is 17.2 Å². The van der Waals surface area contributed by atoms with Crippen molar-refractivity contribution in [1.82, 2.24) is 29.9 Å². The minimum Gasteiger partial charge on any atom is -0.479 e. The van der Waals surface area contributed by atoms with Crippen molar-refractivity contribution in [2.24, 2.45) is 12.8 Å². The lowest BCUT2D eigenvalue weighted by Crippen LogP contribution is -2.18. The van der Waals surface area contributed by atoms with Gasteiger partial charge in [-0.25, -0.2) is 19.6 Å². The summed E-state index contributed by atoms with van der Waals surface area (Å²) in [7, 11) is 3.15. The highest BCUT2D eigenvalue weighted by Gasteiger charge is 2.21. The molecule has 4 aromatic rings. The molecule has 1 amide bonds. The van der Waals surface area contributed by atoms with Gasteiger partial charge in [0.25, 0.3) is 5.91 Å². The SMILES string of the molecule is COc1nc(-c2cnc(CN)nc2)ccc1NC(=O)c1c(-c2ccccc2)nnn1C. The molecule has 1 aromatic carbocycles. The number of nitrogens with one attached hydrogen (secondary N) is 1. The zero-order valence-electron chi connectivity index (χ0n) is 17.0. The van der Waals surface area contributed by atoms with Gasteiger partial charge in [0.2, 0.25) is 5.88 Å². The number of pyridine rings is 1. The number of nitrogens with two attached hydrogens (primary N) is 1. The van der Waals surface area contributed by atoms with Gasteiger partial charge < -0.3 is 15.8 Å². The molecular weight excluding hydrogens is 396 g/mol. The minimum atomic E-state index is -0.380. The number of benzene rings is 1. The molecule has 0 spiro atoms. The van der Waals surface area contributed by atoms with Gasteiger partial charge in [-0.3, -0.25) is 4.79 Å². The Kier molecular flexibility index (Phi) is 5.63. The number of anilines is 1. The first kappa shape index (κ1) is 20.1. The number of ether oxygens (including phenoxy) is 1. The van der Waals surface area contributed by atoms with E-state index in [0.717, 1.165) is 5.56 Å². The molecule has 3 aromatic heterocycles. The first-order chi connectivity index (χ1) is 15.1. The number of hydrogen-bond donors (Lipinski definition) is 2. The lowest BCUT2D eigenvalue weighted by Gasteiger charge is -2.11. The quantitative estimate of drug-likeness (QED) is 0.488. The summed E-state index contributed by atoms with van der Waals surface area (Å²) >= 11 is 0. The zero-order chi connectivity index (χ0) is 21.8. The summed E-state index contributed by atoms with van der Waals surface area (Å²) in [5.74, 6) is 0.415. The number of aromatic nitrogens is 6. The van der Waals surface area contributed by atoms with Gasteiger partial charge >= 0.3 is 0 Å². The van der Waals surface area contributed by atoms with Gasteiger partial charge in [0.05, 0.1) is 19.3 Å². The number of carbonyl (C=O) groups is 1. The average molecular weight is 416 g/mol. The van der Waals surface area contributed by atoms with Crippen LogP contribution in [0.25, 0.3) is 22.5 Å². The number of nitrogens with zero attached hydrogens (tertiary/aromatic N) is 6. The van der Waals surface area contributed by atoms with Gasteiger partial charge in [-0.2, -0.15) is 0 Å². The van der Waals surface area contributed by atoms with Crippen molar-refractivity contribution in [2.45, 2.75) is 6.54 Å². The molecule has 3 heterocycles. The molecule has 3 N–H and O–H groups in total. The smallest absolute Gasteiger partial charge is 0.276 e. The number of methoxy groups -OCH3 is 1. The van der Waals surface area contributed by atoms with Crippen LogP contribution in [0.3, 0.4) is 0 Å². The van der Waals surface area contributed by atoms with Crippen molar-refractivity contribution in [3.05, 3.63) is 66.4 Å². The Morgan fingerprint density at radius 2 is 1.84 bits per heavy atom. The van der Waals surface area contributed by atoms with Crippen LogP contribution >= 0.6 is 0 Å². The van der Waals surface area contributed by atoms with Crippen molar-refractivity contribution < 1.29 is 9.53 Å². The molecule has 0 unspecified atom stereocenters. The second-order valence-electron chi connectivity index (χ2n) is 6.58. The molecule has 0 aliphatic carbocycles. The van der Waals surface area contributed by atoms with Gasteiger partial charge in [-0.1, -0.05) is 35.5 Å². The molecule has 0 atom stereocenters. The highest BCUT2D eigenvalue weighted by Crippen LogP contribution is 2.28. The Morgan fingerprint density at radius 1 is 1.10 bits per heavy atom. The Balaban J connectivity index is 1.63. The largest absolute Gasteiger partial charge is 0.479 e. The summed E-state index contributed by atoms with van der Waals surface area (Å²) in [5.41, 5.74) is 8.86.